The van der Waals surface area contributed by atoms with Gasteiger partial charge in [0.1, 0.15) is 17.6 Å². The summed E-state index contributed by atoms with van der Waals surface area (Å²) in [6, 6.07) is 15.1. The van der Waals surface area contributed by atoms with E-state index < -0.39 is 0 Å². The van der Waals surface area contributed by atoms with Gasteiger partial charge in [-0.25, -0.2) is 5.01 Å². The molecule has 1 atom stereocenters. The fraction of sp³-hybridized carbons (Fsp3) is 0.217. The van der Waals surface area contributed by atoms with Crippen molar-refractivity contribution in [3.8, 4) is 17.1 Å². The number of thiophene rings is 1. The van der Waals surface area contributed by atoms with Gasteiger partial charge < -0.3 is 13.7 Å². The van der Waals surface area contributed by atoms with Crippen LogP contribution >= 0.6 is 23.1 Å². The first-order valence-electron chi connectivity index (χ1n) is 10.3. The summed E-state index contributed by atoms with van der Waals surface area (Å²) < 4.78 is 12.7. The third-order valence-corrected chi connectivity index (χ3v) is 7.27. The molecule has 1 unspecified atom stereocenters. The average Bonchev–Trinajstić information content (AvgIpc) is 3.64. The smallest absolute Gasteiger partial charge is 0.253 e. The number of amides is 1. The molecule has 33 heavy (non-hydrogen) atoms. The van der Waals surface area contributed by atoms with Crippen LogP contribution in [0.25, 0.3) is 11.4 Å². The molecule has 0 bridgehead atoms. The Bertz CT molecular complexity index is 1260. The normalized spacial score (nSPS) is 15.6. The zero-order valence-corrected chi connectivity index (χ0v) is 19.7. The number of hydrazone groups is 1. The van der Waals surface area contributed by atoms with Crippen LogP contribution in [0.15, 0.2) is 74.8 Å². The summed E-state index contributed by atoms with van der Waals surface area (Å²) in [5, 5.41) is 17.4. The molecule has 8 nitrogen and oxygen atoms in total. The topological polar surface area (TPSA) is 85.8 Å². The van der Waals surface area contributed by atoms with Crippen molar-refractivity contribution in [2.75, 3.05) is 12.9 Å². The molecule has 0 fully saturated rings. The number of thioether (sulfide) groups is 1. The van der Waals surface area contributed by atoms with Gasteiger partial charge in [0.2, 0.25) is 0 Å². The highest BCUT2D eigenvalue weighted by Crippen LogP contribution is 2.35. The fourth-order valence-corrected chi connectivity index (χ4v) is 5.14. The summed E-state index contributed by atoms with van der Waals surface area (Å²) in [6.45, 7) is 0. The van der Waals surface area contributed by atoms with Gasteiger partial charge in [0.25, 0.3) is 5.91 Å². The minimum Gasteiger partial charge on any atom is -0.497 e. The molecule has 0 N–H and O–H groups in total. The zero-order chi connectivity index (χ0) is 22.8. The second-order valence-electron chi connectivity index (χ2n) is 7.38. The Labute approximate surface area is 198 Å². The summed E-state index contributed by atoms with van der Waals surface area (Å²) in [4.78, 5) is 14.2. The number of nitrogens with zero attached hydrogens (tertiary/aromatic N) is 5. The maximum atomic E-state index is 13.2. The van der Waals surface area contributed by atoms with E-state index in [-0.39, 0.29) is 17.7 Å². The van der Waals surface area contributed by atoms with Gasteiger partial charge in [-0.05, 0) is 47.8 Å². The van der Waals surface area contributed by atoms with Crippen molar-refractivity contribution in [3.63, 3.8) is 0 Å². The fourth-order valence-electron chi connectivity index (χ4n) is 3.66. The lowest BCUT2D eigenvalue weighted by atomic mass is 10.1. The number of furan rings is 1. The first-order chi connectivity index (χ1) is 16.1. The second-order valence-corrected chi connectivity index (χ2v) is 9.27. The van der Waals surface area contributed by atoms with E-state index >= 15 is 0 Å². The number of carbonyl (C=O) groups excluding carboxylic acids is 1. The van der Waals surface area contributed by atoms with Gasteiger partial charge in [0.05, 0.1) is 29.7 Å². The number of hydrogen-bond donors (Lipinski definition) is 0. The third-order valence-electron chi connectivity index (χ3n) is 5.35. The molecule has 1 aliphatic heterocycles. The van der Waals surface area contributed by atoms with Gasteiger partial charge in [-0.15, -0.1) is 21.5 Å². The molecule has 1 amide bonds. The van der Waals surface area contributed by atoms with Crippen LogP contribution < -0.4 is 4.74 Å². The maximum absolute atomic E-state index is 13.2. The molecule has 0 radical (unpaired) electrons. The molecule has 3 aromatic heterocycles. The minimum atomic E-state index is -0.250. The van der Waals surface area contributed by atoms with Crippen LogP contribution in [0.5, 0.6) is 5.75 Å². The van der Waals surface area contributed by atoms with Gasteiger partial charge in [-0.2, -0.15) is 5.10 Å². The first kappa shape index (κ1) is 21.5. The van der Waals surface area contributed by atoms with Crippen LogP contribution in [0.1, 0.15) is 23.1 Å². The molecule has 0 saturated carbocycles. The standard InChI is InChI=1S/C23H21N5O3S2/c1-27-22(15-7-9-16(30-2)10-8-15)24-25-23(27)33-14-21(29)28-18(19-5-3-11-31-19)13-17(26-28)20-6-4-12-32-20/h3-12,18H,13-14H2,1-2H3. The number of hydrogen-bond acceptors (Lipinski definition) is 8. The molecule has 168 valence electrons. The molecular weight excluding hydrogens is 458 g/mol. The van der Waals surface area contributed by atoms with E-state index in [4.69, 9.17) is 9.15 Å². The number of aromatic nitrogens is 3. The molecule has 4 heterocycles. The Morgan fingerprint density at radius 3 is 2.76 bits per heavy atom. The van der Waals surface area contributed by atoms with Gasteiger partial charge in [-0.3, -0.25) is 4.79 Å². The number of methoxy groups -OCH3 is 1. The lowest BCUT2D eigenvalue weighted by Gasteiger charge is -2.19. The van der Waals surface area contributed by atoms with Crippen LogP contribution in [-0.2, 0) is 11.8 Å². The van der Waals surface area contributed by atoms with Crippen molar-refractivity contribution in [1.29, 1.82) is 0 Å². The largest absolute Gasteiger partial charge is 0.497 e. The summed E-state index contributed by atoms with van der Waals surface area (Å²) in [5.41, 5.74) is 1.82. The summed E-state index contributed by atoms with van der Waals surface area (Å²) in [6.07, 6.45) is 2.24. The predicted octanol–water partition coefficient (Wildman–Crippen LogP) is 4.62. The van der Waals surface area contributed by atoms with Crippen LogP contribution in [0.4, 0.5) is 0 Å². The van der Waals surface area contributed by atoms with Gasteiger partial charge in [0, 0.05) is 19.0 Å². The summed E-state index contributed by atoms with van der Waals surface area (Å²) in [7, 11) is 3.52. The first-order valence-corrected chi connectivity index (χ1v) is 12.1. The number of rotatable bonds is 7. The SMILES string of the molecule is COc1ccc(-c2nnc(SCC(=O)N3N=C(c4cccs4)CC3c3ccco3)n2C)cc1. The highest BCUT2D eigenvalue weighted by atomic mass is 32.2. The Morgan fingerprint density at radius 2 is 2.06 bits per heavy atom. The third kappa shape index (κ3) is 4.31. The zero-order valence-electron chi connectivity index (χ0n) is 18.0. The van der Waals surface area contributed by atoms with Gasteiger partial charge in [-0.1, -0.05) is 17.8 Å². The van der Waals surface area contributed by atoms with E-state index in [9.17, 15) is 4.79 Å². The number of ether oxygens (including phenoxy) is 1. The Hall–Kier alpha value is -3.37. The van der Waals surface area contributed by atoms with E-state index in [0.29, 0.717) is 11.6 Å². The van der Waals surface area contributed by atoms with Crippen molar-refractivity contribution in [1.82, 2.24) is 19.8 Å². The molecule has 0 aliphatic carbocycles. The Morgan fingerprint density at radius 1 is 1.21 bits per heavy atom. The average molecular weight is 480 g/mol. The minimum absolute atomic E-state index is 0.109. The quantitative estimate of drug-likeness (QED) is 0.360. The van der Waals surface area contributed by atoms with Crippen LogP contribution in [0, 0.1) is 0 Å². The van der Waals surface area contributed by atoms with Crippen molar-refractivity contribution in [2.24, 2.45) is 12.1 Å². The Kier molecular flexibility index (Phi) is 6.01. The Balaban J connectivity index is 1.32. The molecular formula is C23H21N5O3S2. The van der Waals surface area contributed by atoms with E-state index in [0.717, 1.165) is 33.5 Å². The summed E-state index contributed by atoms with van der Waals surface area (Å²) >= 11 is 2.95. The number of benzene rings is 1. The number of carbonyl (C=O) groups is 1. The van der Waals surface area contributed by atoms with E-state index in [1.165, 1.54) is 11.8 Å². The van der Waals surface area contributed by atoms with Crippen molar-refractivity contribution < 1.29 is 13.9 Å². The lowest BCUT2D eigenvalue weighted by Crippen LogP contribution is -2.28. The summed E-state index contributed by atoms with van der Waals surface area (Å²) in [5.74, 6) is 2.30. The molecule has 0 spiro atoms. The van der Waals surface area contributed by atoms with Crippen LogP contribution in [0.2, 0.25) is 0 Å². The monoisotopic (exact) mass is 479 g/mol. The van der Waals surface area contributed by atoms with E-state index in [1.54, 1.807) is 29.7 Å². The molecule has 4 aromatic rings. The molecule has 1 aliphatic rings. The predicted molar refractivity (Wildman–Crippen MR) is 127 cm³/mol. The van der Waals surface area contributed by atoms with E-state index in [2.05, 4.69) is 15.3 Å². The molecule has 1 aromatic carbocycles. The van der Waals surface area contributed by atoms with Crippen LogP contribution in [-0.4, -0.2) is 44.3 Å². The van der Waals surface area contributed by atoms with Crippen molar-refractivity contribution in [3.05, 3.63) is 70.8 Å². The van der Waals surface area contributed by atoms with E-state index in [1.807, 2.05) is 65.5 Å². The lowest BCUT2D eigenvalue weighted by molar-refractivity contribution is -0.130. The molecule has 0 saturated heterocycles. The highest BCUT2D eigenvalue weighted by molar-refractivity contribution is 7.99. The molecule has 5 rings (SSSR count). The second kappa shape index (κ2) is 9.24. The highest BCUT2D eigenvalue weighted by Gasteiger charge is 2.35. The van der Waals surface area contributed by atoms with Crippen molar-refractivity contribution >= 4 is 34.7 Å². The maximum Gasteiger partial charge on any atom is 0.253 e. The van der Waals surface area contributed by atoms with Gasteiger partial charge >= 0.3 is 0 Å². The molecule has 10 heteroatoms. The van der Waals surface area contributed by atoms with Gasteiger partial charge in [0.15, 0.2) is 11.0 Å². The van der Waals surface area contributed by atoms with Crippen molar-refractivity contribution in [2.45, 2.75) is 17.6 Å². The van der Waals surface area contributed by atoms with Crippen LogP contribution in [0.3, 0.4) is 0 Å².